The Kier molecular flexibility index (Phi) is 3.09. The number of rotatable bonds is 3. The molecule has 0 N–H and O–H groups in total. The average molecular weight is 243 g/mol. The quantitative estimate of drug-likeness (QED) is 0.730. The second-order valence-corrected chi connectivity index (χ2v) is 6.27. The standard InChI is InChI=1S/C10H13NO4S/c12-4-1-9-7-11-10(15-9)8-2-5-16(13,14)6-3-8/h4,7-8H,1-3,5-6H2. The van der Waals surface area contributed by atoms with Crippen molar-refractivity contribution >= 4 is 16.1 Å². The molecule has 1 aromatic heterocycles. The van der Waals surface area contributed by atoms with Crippen LogP contribution in [0.25, 0.3) is 0 Å². The van der Waals surface area contributed by atoms with Crippen LogP contribution in [0.3, 0.4) is 0 Å². The Balaban J connectivity index is 2.05. The SMILES string of the molecule is O=CCc1cnc(C2CCS(=O)(=O)CC2)o1. The van der Waals surface area contributed by atoms with E-state index in [9.17, 15) is 13.2 Å². The number of carbonyl (C=O) groups excluding carboxylic acids is 1. The minimum absolute atomic E-state index is 0.0731. The van der Waals surface area contributed by atoms with Crippen LogP contribution in [0.2, 0.25) is 0 Å². The number of hydrogen-bond donors (Lipinski definition) is 0. The molecule has 16 heavy (non-hydrogen) atoms. The molecule has 0 aromatic carbocycles. The van der Waals surface area contributed by atoms with Gasteiger partial charge in [0.1, 0.15) is 21.9 Å². The molecule has 5 nitrogen and oxygen atoms in total. The molecule has 0 aliphatic carbocycles. The Morgan fingerprint density at radius 1 is 1.44 bits per heavy atom. The van der Waals surface area contributed by atoms with Gasteiger partial charge < -0.3 is 9.21 Å². The molecule has 0 spiro atoms. The van der Waals surface area contributed by atoms with Crippen LogP contribution in [0, 0.1) is 0 Å². The van der Waals surface area contributed by atoms with Crippen LogP contribution in [0.4, 0.5) is 0 Å². The van der Waals surface area contributed by atoms with Gasteiger partial charge >= 0.3 is 0 Å². The Morgan fingerprint density at radius 3 is 2.75 bits per heavy atom. The first-order chi connectivity index (χ1) is 7.61. The molecule has 0 bridgehead atoms. The van der Waals surface area contributed by atoms with E-state index in [2.05, 4.69) is 4.98 Å². The fraction of sp³-hybridized carbons (Fsp3) is 0.600. The lowest BCUT2D eigenvalue weighted by molar-refractivity contribution is -0.107. The third kappa shape index (κ3) is 2.49. The van der Waals surface area contributed by atoms with E-state index in [4.69, 9.17) is 4.42 Å². The topological polar surface area (TPSA) is 77.2 Å². The zero-order valence-corrected chi connectivity index (χ0v) is 9.57. The highest BCUT2D eigenvalue weighted by Gasteiger charge is 2.27. The first-order valence-electron chi connectivity index (χ1n) is 5.19. The Hall–Kier alpha value is -1.17. The van der Waals surface area contributed by atoms with Crippen LogP contribution in [0.1, 0.15) is 30.4 Å². The lowest BCUT2D eigenvalue weighted by Gasteiger charge is -2.18. The van der Waals surface area contributed by atoms with E-state index < -0.39 is 9.84 Å². The summed E-state index contributed by atoms with van der Waals surface area (Å²) in [6.45, 7) is 0. The summed E-state index contributed by atoms with van der Waals surface area (Å²) in [6.07, 6.45) is 3.63. The molecule has 1 aromatic rings. The van der Waals surface area contributed by atoms with Gasteiger partial charge in [-0.15, -0.1) is 0 Å². The van der Waals surface area contributed by atoms with Crippen molar-refractivity contribution in [3.8, 4) is 0 Å². The molecule has 0 saturated carbocycles. The lowest BCUT2D eigenvalue weighted by atomic mass is 10.0. The fourth-order valence-corrected chi connectivity index (χ4v) is 3.32. The maximum absolute atomic E-state index is 11.2. The van der Waals surface area contributed by atoms with E-state index in [-0.39, 0.29) is 23.8 Å². The molecular weight excluding hydrogens is 230 g/mol. The normalized spacial score (nSPS) is 20.8. The van der Waals surface area contributed by atoms with Gasteiger partial charge in [0.15, 0.2) is 5.89 Å². The van der Waals surface area contributed by atoms with Crippen molar-refractivity contribution in [2.75, 3.05) is 11.5 Å². The van der Waals surface area contributed by atoms with Crippen LogP contribution in [-0.4, -0.2) is 31.2 Å². The number of aromatic nitrogens is 1. The summed E-state index contributed by atoms with van der Waals surface area (Å²) in [5.41, 5.74) is 0. The van der Waals surface area contributed by atoms with Gasteiger partial charge in [0, 0.05) is 5.92 Å². The van der Waals surface area contributed by atoms with Crippen molar-refractivity contribution in [2.45, 2.75) is 25.2 Å². The Morgan fingerprint density at radius 2 is 2.12 bits per heavy atom. The summed E-state index contributed by atoms with van der Waals surface area (Å²) in [6, 6.07) is 0. The van der Waals surface area contributed by atoms with Crippen molar-refractivity contribution in [3.63, 3.8) is 0 Å². The fourth-order valence-electron chi connectivity index (χ4n) is 1.82. The molecule has 1 aliphatic heterocycles. The molecule has 0 amide bonds. The summed E-state index contributed by atoms with van der Waals surface area (Å²) in [7, 11) is -2.85. The second kappa shape index (κ2) is 4.37. The van der Waals surface area contributed by atoms with Gasteiger partial charge in [0.05, 0.1) is 24.1 Å². The molecule has 1 saturated heterocycles. The first-order valence-corrected chi connectivity index (χ1v) is 7.01. The lowest BCUT2D eigenvalue weighted by Crippen LogP contribution is -2.22. The Labute approximate surface area is 93.8 Å². The number of oxazole rings is 1. The summed E-state index contributed by atoms with van der Waals surface area (Å²) >= 11 is 0. The summed E-state index contributed by atoms with van der Waals surface area (Å²) in [5, 5.41) is 0. The monoisotopic (exact) mass is 243 g/mol. The van der Waals surface area contributed by atoms with Gasteiger partial charge in [-0.3, -0.25) is 0 Å². The molecule has 88 valence electrons. The van der Waals surface area contributed by atoms with Crippen LogP contribution in [-0.2, 0) is 21.1 Å². The van der Waals surface area contributed by atoms with Gasteiger partial charge in [-0.2, -0.15) is 0 Å². The molecule has 1 aliphatic rings. The van der Waals surface area contributed by atoms with Gasteiger partial charge in [0.25, 0.3) is 0 Å². The zero-order valence-electron chi connectivity index (χ0n) is 8.76. The van der Waals surface area contributed by atoms with Gasteiger partial charge in [-0.25, -0.2) is 13.4 Å². The predicted octanol–water partition coefficient (Wildman–Crippen LogP) is 0.708. The number of nitrogens with zero attached hydrogens (tertiary/aromatic N) is 1. The van der Waals surface area contributed by atoms with E-state index in [1.165, 1.54) is 6.20 Å². The molecule has 2 rings (SSSR count). The van der Waals surface area contributed by atoms with Crippen LogP contribution in [0.15, 0.2) is 10.6 Å². The molecular formula is C10H13NO4S. The van der Waals surface area contributed by atoms with E-state index >= 15 is 0 Å². The summed E-state index contributed by atoms with van der Waals surface area (Å²) in [4.78, 5) is 14.4. The molecule has 1 fully saturated rings. The number of hydrogen-bond acceptors (Lipinski definition) is 5. The maximum atomic E-state index is 11.2. The predicted molar refractivity (Wildman–Crippen MR) is 56.9 cm³/mol. The second-order valence-electron chi connectivity index (χ2n) is 3.96. The molecule has 2 heterocycles. The summed E-state index contributed by atoms with van der Waals surface area (Å²) < 4.78 is 27.9. The largest absolute Gasteiger partial charge is 0.445 e. The smallest absolute Gasteiger partial charge is 0.197 e. The zero-order chi connectivity index (χ0) is 11.6. The average Bonchev–Trinajstić information content (AvgIpc) is 2.67. The van der Waals surface area contributed by atoms with Gasteiger partial charge in [0.2, 0.25) is 0 Å². The van der Waals surface area contributed by atoms with Crippen molar-refractivity contribution < 1.29 is 17.6 Å². The molecule has 0 radical (unpaired) electrons. The van der Waals surface area contributed by atoms with Gasteiger partial charge in [-0.1, -0.05) is 0 Å². The van der Waals surface area contributed by atoms with Crippen molar-refractivity contribution in [3.05, 3.63) is 17.8 Å². The van der Waals surface area contributed by atoms with Crippen molar-refractivity contribution in [1.82, 2.24) is 4.98 Å². The highest BCUT2D eigenvalue weighted by atomic mass is 32.2. The maximum Gasteiger partial charge on any atom is 0.197 e. The van der Waals surface area contributed by atoms with Crippen LogP contribution in [0.5, 0.6) is 0 Å². The number of aldehydes is 1. The minimum Gasteiger partial charge on any atom is -0.445 e. The molecule has 0 unspecified atom stereocenters. The summed E-state index contributed by atoms with van der Waals surface area (Å²) in [5.74, 6) is 1.57. The van der Waals surface area contributed by atoms with E-state index in [0.717, 1.165) is 6.29 Å². The highest BCUT2D eigenvalue weighted by Crippen LogP contribution is 2.28. The van der Waals surface area contributed by atoms with E-state index in [1.807, 2.05) is 0 Å². The number of sulfone groups is 1. The third-order valence-corrected chi connectivity index (χ3v) is 4.48. The first kappa shape index (κ1) is 11.3. The van der Waals surface area contributed by atoms with Crippen LogP contribution < -0.4 is 0 Å². The third-order valence-electron chi connectivity index (χ3n) is 2.76. The molecule has 0 atom stereocenters. The van der Waals surface area contributed by atoms with Crippen molar-refractivity contribution in [2.24, 2.45) is 0 Å². The Bertz CT molecular complexity index is 463. The van der Waals surface area contributed by atoms with Gasteiger partial charge in [-0.05, 0) is 12.8 Å². The van der Waals surface area contributed by atoms with E-state index in [0.29, 0.717) is 24.5 Å². The minimum atomic E-state index is -2.85. The van der Waals surface area contributed by atoms with Crippen LogP contribution >= 0.6 is 0 Å². The number of carbonyl (C=O) groups is 1. The van der Waals surface area contributed by atoms with E-state index in [1.54, 1.807) is 0 Å². The van der Waals surface area contributed by atoms with Crippen molar-refractivity contribution in [1.29, 1.82) is 0 Å². The highest BCUT2D eigenvalue weighted by molar-refractivity contribution is 7.91. The molecule has 6 heteroatoms.